The summed E-state index contributed by atoms with van der Waals surface area (Å²) in [6.07, 6.45) is 3.91. The molecule has 1 rings (SSSR count). The summed E-state index contributed by atoms with van der Waals surface area (Å²) in [5.41, 5.74) is 6.06. The Morgan fingerprint density at radius 1 is 1.50 bits per heavy atom. The van der Waals surface area contributed by atoms with Crippen molar-refractivity contribution in [2.45, 2.75) is 56.8 Å². The van der Waals surface area contributed by atoms with Crippen molar-refractivity contribution >= 4 is 10.2 Å². The van der Waals surface area contributed by atoms with Crippen molar-refractivity contribution in [1.82, 2.24) is 5.32 Å². The van der Waals surface area contributed by atoms with E-state index in [2.05, 4.69) is 22.5 Å². The maximum atomic E-state index is 9.77. The molecule has 1 aliphatic carbocycles. The van der Waals surface area contributed by atoms with Gasteiger partial charge in [-0.2, -0.15) is 0 Å². The van der Waals surface area contributed by atoms with Crippen LogP contribution in [-0.4, -0.2) is 53.3 Å². The molecule has 0 amide bonds. The molecule has 4 atom stereocenters. The van der Waals surface area contributed by atoms with Crippen LogP contribution in [0.3, 0.4) is 0 Å². The van der Waals surface area contributed by atoms with Crippen molar-refractivity contribution in [3.63, 3.8) is 0 Å². The molecule has 3 unspecified atom stereocenters. The molecule has 18 heavy (non-hydrogen) atoms. The fourth-order valence-corrected chi connectivity index (χ4v) is 2.44. The highest BCUT2D eigenvalue weighted by atomic mass is 28.1. The third-order valence-electron chi connectivity index (χ3n) is 3.68. The zero-order chi connectivity index (χ0) is 13.4. The topological polar surface area (TPSA) is 67.5 Å². The number of aliphatic hydroxyl groups is 1. The molecule has 0 heterocycles. The molecule has 0 aliphatic heterocycles. The van der Waals surface area contributed by atoms with E-state index < -0.39 is 6.10 Å². The van der Waals surface area contributed by atoms with Gasteiger partial charge in [0.15, 0.2) is 0 Å². The lowest BCUT2D eigenvalue weighted by molar-refractivity contribution is 0.0348. The van der Waals surface area contributed by atoms with Crippen LogP contribution < -0.4 is 11.1 Å². The van der Waals surface area contributed by atoms with Crippen LogP contribution in [0.1, 0.15) is 32.6 Å². The fourth-order valence-electron chi connectivity index (χ4n) is 2.30. The first-order chi connectivity index (χ1) is 8.63. The third kappa shape index (κ3) is 6.29. The Morgan fingerprint density at radius 2 is 2.28 bits per heavy atom. The van der Waals surface area contributed by atoms with Crippen LogP contribution in [-0.2, 0) is 4.74 Å². The molecule has 0 aromatic rings. The van der Waals surface area contributed by atoms with Gasteiger partial charge in [-0.15, -0.1) is 0 Å². The highest BCUT2D eigenvalue weighted by molar-refractivity contribution is 6.08. The average molecular weight is 271 g/mol. The van der Waals surface area contributed by atoms with Gasteiger partial charge >= 0.3 is 0 Å². The minimum Gasteiger partial charge on any atom is -0.389 e. The van der Waals surface area contributed by atoms with Gasteiger partial charge in [-0.1, -0.05) is 13.0 Å². The number of aliphatic hydroxyl groups excluding tert-OH is 1. The standard InChI is InChI=1S/C13H27N2O2Si/c1-10-3-4-11(7-13(10)14)15-8-12(16)9-17-5-2-6-18/h10-13,15-16H,2-9,14H2,1H3/t10-,11?,12?,13?/m1/s1. The molecule has 0 bridgehead atoms. The van der Waals surface area contributed by atoms with Gasteiger partial charge in [-0.05, 0) is 31.6 Å². The highest BCUT2D eigenvalue weighted by Gasteiger charge is 2.24. The number of rotatable bonds is 8. The minimum absolute atomic E-state index is 0.295. The second-order valence-electron chi connectivity index (χ2n) is 5.39. The van der Waals surface area contributed by atoms with Gasteiger partial charge in [0.1, 0.15) is 0 Å². The first-order valence-corrected chi connectivity index (χ1v) is 7.73. The zero-order valence-electron chi connectivity index (χ0n) is 11.4. The predicted octanol–water partition coefficient (Wildman–Crippen LogP) is 0.446. The average Bonchev–Trinajstić information content (AvgIpc) is 2.36. The number of nitrogens with two attached hydrogens (primary N) is 1. The lowest BCUT2D eigenvalue weighted by atomic mass is 9.83. The Bertz CT molecular complexity index is 219. The monoisotopic (exact) mass is 271 g/mol. The summed E-state index contributed by atoms with van der Waals surface area (Å²) in [5, 5.41) is 13.2. The van der Waals surface area contributed by atoms with E-state index in [0.717, 1.165) is 25.3 Å². The van der Waals surface area contributed by atoms with Gasteiger partial charge in [0.05, 0.1) is 12.7 Å². The van der Waals surface area contributed by atoms with Crippen molar-refractivity contribution in [3.8, 4) is 0 Å². The van der Waals surface area contributed by atoms with E-state index in [1.54, 1.807) is 0 Å². The van der Waals surface area contributed by atoms with Crippen molar-refractivity contribution in [2.75, 3.05) is 19.8 Å². The van der Waals surface area contributed by atoms with Gasteiger partial charge in [0.2, 0.25) is 0 Å². The lowest BCUT2D eigenvalue weighted by Crippen LogP contribution is -2.45. The van der Waals surface area contributed by atoms with E-state index >= 15 is 0 Å². The Morgan fingerprint density at radius 3 is 2.94 bits per heavy atom. The van der Waals surface area contributed by atoms with Gasteiger partial charge in [-0.25, -0.2) is 0 Å². The number of nitrogens with one attached hydrogen (secondary N) is 1. The Hall–Kier alpha value is 0.0569. The molecule has 1 aliphatic rings. The van der Waals surface area contributed by atoms with Gasteiger partial charge < -0.3 is 20.9 Å². The molecule has 0 spiro atoms. The fraction of sp³-hybridized carbons (Fsp3) is 1.00. The molecule has 4 nitrogen and oxygen atoms in total. The first-order valence-electron chi connectivity index (χ1n) is 7.02. The lowest BCUT2D eigenvalue weighted by Gasteiger charge is -2.32. The van der Waals surface area contributed by atoms with Crippen LogP contribution in [0.4, 0.5) is 0 Å². The number of hydrogen-bond acceptors (Lipinski definition) is 4. The van der Waals surface area contributed by atoms with E-state index in [-0.39, 0.29) is 0 Å². The molecule has 5 heteroatoms. The van der Waals surface area contributed by atoms with E-state index in [1.807, 2.05) is 0 Å². The van der Waals surface area contributed by atoms with Crippen molar-refractivity contribution < 1.29 is 9.84 Å². The van der Waals surface area contributed by atoms with E-state index in [1.165, 1.54) is 6.42 Å². The molecule has 1 fully saturated rings. The second kappa shape index (κ2) is 9.04. The molecule has 1 saturated carbocycles. The Labute approximate surface area is 114 Å². The van der Waals surface area contributed by atoms with E-state index in [4.69, 9.17) is 10.5 Å². The summed E-state index contributed by atoms with van der Waals surface area (Å²) in [6.45, 7) is 3.92. The van der Waals surface area contributed by atoms with E-state index in [9.17, 15) is 5.11 Å². The molecular weight excluding hydrogens is 244 g/mol. The van der Waals surface area contributed by atoms with Crippen LogP contribution in [0.25, 0.3) is 0 Å². The summed E-state index contributed by atoms with van der Waals surface area (Å²) in [5.74, 6) is 0.625. The van der Waals surface area contributed by atoms with Crippen LogP contribution in [0.2, 0.25) is 6.04 Å². The zero-order valence-corrected chi connectivity index (χ0v) is 12.4. The molecule has 0 aromatic heterocycles. The van der Waals surface area contributed by atoms with Crippen LogP contribution in [0.15, 0.2) is 0 Å². The van der Waals surface area contributed by atoms with Crippen LogP contribution in [0, 0.1) is 5.92 Å². The largest absolute Gasteiger partial charge is 0.389 e. The molecule has 105 valence electrons. The Kier molecular flexibility index (Phi) is 8.09. The van der Waals surface area contributed by atoms with Crippen molar-refractivity contribution in [3.05, 3.63) is 0 Å². The van der Waals surface area contributed by atoms with Gasteiger partial charge in [0.25, 0.3) is 0 Å². The Balaban J connectivity index is 2.05. The van der Waals surface area contributed by atoms with Crippen molar-refractivity contribution in [1.29, 1.82) is 0 Å². The highest BCUT2D eigenvalue weighted by Crippen LogP contribution is 2.22. The third-order valence-corrected chi connectivity index (χ3v) is 4.03. The summed E-state index contributed by atoms with van der Waals surface area (Å²) in [7, 11) is 3.39. The molecular formula is C13H27N2O2Si. The van der Waals surface area contributed by atoms with E-state index in [0.29, 0.717) is 37.8 Å². The second-order valence-corrected chi connectivity index (χ2v) is 5.89. The normalized spacial score (nSPS) is 30.3. The smallest absolute Gasteiger partial charge is 0.0897 e. The predicted molar refractivity (Wildman–Crippen MR) is 74.8 cm³/mol. The quantitative estimate of drug-likeness (QED) is 0.443. The first kappa shape index (κ1) is 16.1. The van der Waals surface area contributed by atoms with Crippen LogP contribution in [0.5, 0.6) is 0 Å². The summed E-state index contributed by atoms with van der Waals surface area (Å²) in [6, 6.07) is 1.68. The maximum Gasteiger partial charge on any atom is 0.0897 e. The molecule has 3 radical (unpaired) electrons. The van der Waals surface area contributed by atoms with Crippen LogP contribution >= 0.6 is 0 Å². The molecule has 0 saturated heterocycles. The van der Waals surface area contributed by atoms with Crippen molar-refractivity contribution in [2.24, 2.45) is 11.7 Å². The summed E-state index contributed by atoms with van der Waals surface area (Å²) in [4.78, 5) is 0. The summed E-state index contributed by atoms with van der Waals surface area (Å²) >= 11 is 0. The molecule has 0 aromatic carbocycles. The van der Waals surface area contributed by atoms with Gasteiger partial charge in [0, 0.05) is 35.5 Å². The SMILES string of the molecule is C[C@@H]1CCC(NCC(O)COCCC[Si])CC1N. The summed E-state index contributed by atoms with van der Waals surface area (Å²) < 4.78 is 5.37. The number of ether oxygens (including phenoxy) is 1. The minimum atomic E-state index is -0.421. The maximum absolute atomic E-state index is 9.77. The van der Waals surface area contributed by atoms with Gasteiger partial charge in [-0.3, -0.25) is 0 Å². The number of hydrogen-bond donors (Lipinski definition) is 3. The molecule has 4 N–H and O–H groups in total.